The number of amides is 1. The third kappa shape index (κ3) is 3.49. The number of fused-ring (bicyclic) bond motifs is 1. The number of carbonyl (C=O) groups is 1. The van der Waals surface area contributed by atoms with Gasteiger partial charge in [-0.25, -0.2) is 4.98 Å². The van der Waals surface area contributed by atoms with Gasteiger partial charge < -0.3 is 9.73 Å². The molecule has 0 saturated heterocycles. The molecular formula is C15H11N3O4S. The van der Waals surface area contributed by atoms with Crippen molar-refractivity contribution in [3.8, 4) is 0 Å². The predicted octanol–water partition coefficient (Wildman–Crippen LogP) is 3.47. The summed E-state index contributed by atoms with van der Waals surface area (Å²) in [6.07, 6.45) is 0. The minimum atomic E-state index is -0.538. The van der Waals surface area contributed by atoms with Gasteiger partial charge in [0, 0.05) is 6.07 Å². The van der Waals surface area contributed by atoms with E-state index in [-0.39, 0.29) is 23.0 Å². The highest BCUT2D eigenvalue weighted by Crippen LogP contribution is 2.25. The molecule has 0 aliphatic carbocycles. The average molecular weight is 329 g/mol. The smallest absolute Gasteiger partial charge is 0.292 e. The lowest BCUT2D eigenvalue weighted by Gasteiger charge is -2.04. The summed E-state index contributed by atoms with van der Waals surface area (Å²) in [6.45, 7) is 0. The number of rotatable bonds is 5. The number of nitrogens with one attached hydrogen (secondary N) is 1. The maximum Gasteiger partial charge on any atom is 0.292 e. The molecule has 0 unspecified atom stereocenters. The lowest BCUT2D eigenvalue weighted by molar-refractivity contribution is -0.383. The highest BCUT2D eigenvalue weighted by Gasteiger charge is 2.15. The number of benzene rings is 2. The zero-order chi connectivity index (χ0) is 16.2. The molecule has 3 aromatic rings. The number of hydrogen-bond donors (Lipinski definition) is 1. The SMILES string of the molecule is O=C(CSc1nc2ccccc2o1)Nc1ccccc1[N+](=O)[O-]. The number of carbonyl (C=O) groups excluding carboxylic acids is 1. The summed E-state index contributed by atoms with van der Waals surface area (Å²) in [5, 5.41) is 13.8. The Hall–Kier alpha value is -2.87. The maximum absolute atomic E-state index is 12.0. The molecule has 7 nitrogen and oxygen atoms in total. The van der Waals surface area contributed by atoms with Gasteiger partial charge in [-0.1, -0.05) is 36.0 Å². The molecule has 1 N–H and O–H groups in total. The summed E-state index contributed by atoms with van der Waals surface area (Å²) >= 11 is 1.13. The van der Waals surface area contributed by atoms with Gasteiger partial charge in [-0.2, -0.15) is 0 Å². The van der Waals surface area contributed by atoms with Gasteiger partial charge in [-0.3, -0.25) is 14.9 Å². The summed E-state index contributed by atoms with van der Waals surface area (Å²) in [5.41, 5.74) is 1.39. The molecule has 8 heteroatoms. The molecular weight excluding hydrogens is 318 g/mol. The predicted molar refractivity (Wildman–Crippen MR) is 86.5 cm³/mol. The minimum absolute atomic E-state index is 0.0405. The van der Waals surface area contributed by atoms with E-state index in [2.05, 4.69) is 10.3 Å². The number of oxazole rings is 1. The zero-order valence-corrected chi connectivity index (χ0v) is 12.6. The number of thioether (sulfide) groups is 1. The van der Waals surface area contributed by atoms with E-state index in [0.717, 1.165) is 11.8 Å². The summed E-state index contributed by atoms with van der Waals surface area (Å²) in [5.74, 6) is -0.328. The first kappa shape index (κ1) is 15.0. The van der Waals surface area contributed by atoms with E-state index >= 15 is 0 Å². The van der Waals surface area contributed by atoms with Gasteiger partial charge in [-0.05, 0) is 18.2 Å². The Bertz CT molecular complexity index is 845. The molecule has 3 rings (SSSR count). The maximum atomic E-state index is 12.0. The van der Waals surface area contributed by atoms with Gasteiger partial charge in [0.25, 0.3) is 10.9 Å². The molecule has 0 bridgehead atoms. The molecule has 0 radical (unpaired) electrons. The number of aromatic nitrogens is 1. The fraction of sp³-hybridized carbons (Fsp3) is 0.0667. The van der Waals surface area contributed by atoms with Crippen LogP contribution in [0, 0.1) is 10.1 Å². The van der Waals surface area contributed by atoms with Crippen LogP contribution in [-0.2, 0) is 4.79 Å². The van der Waals surface area contributed by atoms with E-state index in [0.29, 0.717) is 16.3 Å². The van der Waals surface area contributed by atoms with E-state index in [4.69, 9.17) is 4.42 Å². The Morgan fingerprint density at radius 2 is 1.96 bits per heavy atom. The van der Waals surface area contributed by atoms with Crippen molar-refractivity contribution in [2.24, 2.45) is 0 Å². The van der Waals surface area contributed by atoms with E-state index < -0.39 is 4.92 Å². The quantitative estimate of drug-likeness (QED) is 0.437. The van der Waals surface area contributed by atoms with Crippen LogP contribution in [0.2, 0.25) is 0 Å². The molecule has 0 aliphatic rings. The van der Waals surface area contributed by atoms with Crippen LogP contribution < -0.4 is 5.32 Å². The van der Waals surface area contributed by atoms with Crippen molar-refractivity contribution < 1.29 is 14.1 Å². The van der Waals surface area contributed by atoms with Crippen LogP contribution in [0.3, 0.4) is 0 Å². The number of hydrogen-bond acceptors (Lipinski definition) is 6. The van der Waals surface area contributed by atoms with Crippen LogP contribution in [0.15, 0.2) is 58.2 Å². The van der Waals surface area contributed by atoms with Crippen molar-refractivity contribution >= 4 is 40.1 Å². The lowest BCUT2D eigenvalue weighted by atomic mass is 10.2. The molecule has 0 fully saturated rings. The number of nitro groups is 1. The molecule has 0 spiro atoms. The van der Waals surface area contributed by atoms with Crippen molar-refractivity contribution in [1.29, 1.82) is 0 Å². The second-order valence-electron chi connectivity index (χ2n) is 4.56. The summed E-state index contributed by atoms with van der Waals surface area (Å²) < 4.78 is 5.49. The fourth-order valence-electron chi connectivity index (χ4n) is 1.96. The third-order valence-corrected chi connectivity index (χ3v) is 3.80. The number of nitro benzene ring substituents is 1. The Labute approximate surface area is 134 Å². The lowest BCUT2D eigenvalue weighted by Crippen LogP contribution is -2.15. The normalized spacial score (nSPS) is 10.6. The molecule has 0 aliphatic heterocycles. The Kier molecular flexibility index (Phi) is 4.24. The Balaban J connectivity index is 1.65. The van der Waals surface area contributed by atoms with E-state index in [9.17, 15) is 14.9 Å². The van der Waals surface area contributed by atoms with Crippen LogP contribution in [0.4, 0.5) is 11.4 Å². The topological polar surface area (TPSA) is 98.3 Å². The average Bonchev–Trinajstić information content (AvgIpc) is 2.96. The summed E-state index contributed by atoms with van der Waals surface area (Å²) in [6, 6.07) is 13.3. The molecule has 116 valence electrons. The first-order valence-electron chi connectivity index (χ1n) is 6.65. The molecule has 1 heterocycles. The van der Waals surface area contributed by atoms with Crippen molar-refractivity contribution in [3.05, 3.63) is 58.6 Å². The second-order valence-corrected chi connectivity index (χ2v) is 5.49. The first-order chi connectivity index (χ1) is 11.1. The van der Waals surface area contributed by atoms with Crippen LogP contribution in [0.1, 0.15) is 0 Å². The van der Waals surface area contributed by atoms with Gasteiger partial charge in [0.1, 0.15) is 11.2 Å². The molecule has 1 aromatic heterocycles. The highest BCUT2D eigenvalue weighted by molar-refractivity contribution is 7.99. The second kappa shape index (κ2) is 6.49. The largest absolute Gasteiger partial charge is 0.431 e. The van der Waals surface area contributed by atoms with Crippen LogP contribution in [0.25, 0.3) is 11.1 Å². The molecule has 23 heavy (non-hydrogen) atoms. The van der Waals surface area contributed by atoms with Gasteiger partial charge in [0.05, 0.1) is 10.7 Å². The fourth-order valence-corrected chi connectivity index (χ4v) is 2.60. The number of anilines is 1. The van der Waals surface area contributed by atoms with Crippen molar-refractivity contribution in [3.63, 3.8) is 0 Å². The van der Waals surface area contributed by atoms with Crippen molar-refractivity contribution in [2.45, 2.75) is 5.22 Å². The van der Waals surface area contributed by atoms with Crippen molar-refractivity contribution in [1.82, 2.24) is 4.98 Å². The van der Waals surface area contributed by atoms with Gasteiger partial charge >= 0.3 is 0 Å². The monoisotopic (exact) mass is 329 g/mol. The standard InChI is InChI=1S/C15H11N3O4S/c19-14(16-10-5-1-3-7-12(10)18(20)21)9-23-15-17-11-6-2-4-8-13(11)22-15/h1-8H,9H2,(H,16,19). The Morgan fingerprint density at radius 3 is 2.74 bits per heavy atom. The summed E-state index contributed by atoms with van der Waals surface area (Å²) in [4.78, 5) is 26.6. The van der Waals surface area contributed by atoms with E-state index in [1.165, 1.54) is 12.1 Å². The minimum Gasteiger partial charge on any atom is -0.431 e. The van der Waals surface area contributed by atoms with Gasteiger partial charge in [0.2, 0.25) is 5.91 Å². The molecule has 0 saturated carbocycles. The highest BCUT2D eigenvalue weighted by atomic mass is 32.2. The summed E-state index contributed by atoms with van der Waals surface area (Å²) in [7, 11) is 0. The molecule has 2 aromatic carbocycles. The van der Waals surface area contributed by atoms with Gasteiger partial charge in [0.15, 0.2) is 5.58 Å². The first-order valence-corrected chi connectivity index (χ1v) is 7.63. The molecule has 0 atom stereocenters. The van der Waals surface area contributed by atoms with Crippen molar-refractivity contribution in [2.75, 3.05) is 11.1 Å². The van der Waals surface area contributed by atoms with Crippen LogP contribution in [0.5, 0.6) is 0 Å². The number of para-hydroxylation sites is 4. The molecule has 1 amide bonds. The van der Waals surface area contributed by atoms with Crippen LogP contribution in [-0.4, -0.2) is 21.6 Å². The van der Waals surface area contributed by atoms with E-state index in [1.54, 1.807) is 18.2 Å². The zero-order valence-electron chi connectivity index (χ0n) is 11.8. The third-order valence-electron chi connectivity index (χ3n) is 2.98. The Morgan fingerprint density at radius 1 is 1.22 bits per heavy atom. The number of nitrogens with zero attached hydrogens (tertiary/aromatic N) is 2. The van der Waals surface area contributed by atoms with Gasteiger partial charge in [-0.15, -0.1) is 0 Å². The van der Waals surface area contributed by atoms with Crippen LogP contribution >= 0.6 is 11.8 Å². The van der Waals surface area contributed by atoms with E-state index in [1.807, 2.05) is 18.2 Å².